The number of ether oxygens (including phenoxy) is 2. The van der Waals surface area contributed by atoms with Crippen LogP contribution in [0.2, 0.25) is 0 Å². The lowest BCUT2D eigenvalue weighted by atomic mass is 10.0. The predicted octanol–water partition coefficient (Wildman–Crippen LogP) is 4.74. The van der Waals surface area contributed by atoms with Crippen LogP contribution in [0.3, 0.4) is 0 Å². The summed E-state index contributed by atoms with van der Waals surface area (Å²) in [5.41, 5.74) is 3.09. The number of aliphatic hydroxyl groups excluding tert-OH is 1. The molecule has 1 N–H and O–H groups in total. The van der Waals surface area contributed by atoms with Crippen molar-refractivity contribution >= 4 is 11.4 Å². The zero-order chi connectivity index (χ0) is 30.6. The number of aliphatic hydroxyl groups is 1. The van der Waals surface area contributed by atoms with Gasteiger partial charge in [-0.2, -0.15) is 5.10 Å². The molecular formula is C33H37F2N5O4. The molecule has 3 heterocycles. The Morgan fingerprint density at radius 3 is 2.20 bits per heavy atom. The van der Waals surface area contributed by atoms with E-state index in [0.717, 1.165) is 55.1 Å². The van der Waals surface area contributed by atoms with Gasteiger partial charge >= 0.3 is 5.69 Å². The van der Waals surface area contributed by atoms with E-state index in [4.69, 9.17) is 9.47 Å². The summed E-state index contributed by atoms with van der Waals surface area (Å²) in [4.78, 5) is 17.5. The molecule has 0 radical (unpaired) electrons. The van der Waals surface area contributed by atoms with E-state index >= 15 is 0 Å². The molecule has 3 atom stereocenters. The molecule has 1 aromatic heterocycles. The van der Waals surface area contributed by atoms with Crippen LogP contribution in [0.1, 0.15) is 37.5 Å². The quantitative estimate of drug-likeness (QED) is 0.280. The molecule has 2 saturated heterocycles. The molecule has 3 aromatic carbocycles. The summed E-state index contributed by atoms with van der Waals surface area (Å²) >= 11 is 0. The van der Waals surface area contributed by atoms with Crippen molar-refractivity contribution in [2.45, 2.75) is 31.9 Å². The summed E-state index contributed by atoms with van der Waals surface area (Å²) in [6.07, 6.45) is 2.37. The highest BCUT2D eigenvalue weighted by Crippen LogP contribution is 2.34. The van der Waals surface area contributed by atoms with Crippen LogP contribution >= 0.6 is 0 Å². The number of hydrogen-bond donors (Lipinski definition) is 1. The number of hydrogen-bond acceptors (Lipinski definition) is 7. The van der Waals surface area contributed by atoms with Gasteiger partial charge in [0, 0.05) is 55.1 Å². The average molecular weight is 606 g/mol. The third-order valence-electron chi connectivity index (χ3n) is 8.57. The number of aromatic nitrogens is 3. The smallest absolute Gasteiger partial charge is 0.350 e. The van der Waals surface area contributed by atoms with Gasteiger partial charge in [-0.25, -0.2) is 22.8 Å². The van der Waals surface area contributed by atoms with Gasteiger partial charge in [0.15, 0.2) is 0 Å². The maximum Gasteiger partial charge on any atom is 0.350 e. The van der Waals surface area contributed by atoms with Crippen molar-refractivity contribution in [3.05, 3.63) is 101 Å². The molecule has 0 spiro atoms. The van der Waals surface area contributed by atoms with Gasteiger partial charge in [0.2, 0.25) is 0 Å². The van der Waals surface area contributed by atoms with Crippen LogP contribution in [0, 0.1) is 17.6 Å². The summed E-state index contributed by atoms with van der Waals surface area (Å²) < 4.78 is 42.0. The summed E-state index contributed by atoms with van der Waals surface area (Å²) in [5, 5.41) is 13.7. The Labute approximate surface area is 254 Å². The van der Waals surface area contributed by atoms with Gasteiger partial charge < -0.3 is 24.4 Å². The normalized spacial score (nSPS) is 19.4. The van der Waals surface area contributed by atoms with Crippen LogP contribution in [-0.2, 0) is 4.74 Å². The van der Waals surface area contributed by atoms with Crippen molar-refractivity contribution in [1.82, 2.24) is 14.3 Å². The highest BCUT2D eigenvalue weighted by Gasteiger charge is 2.29. The number of rotatable bonds is 10. The second-order valence-electron chi connectivity index (χ2n) is 11.4. The largest absolute Gasteiger partial charge is 0.493 e. The van der Waals surface area contributed by atoms with Crippen LogP contribution in [0.25, 0.3) is 5.69 Å². The summed E-state index contributed by atoms with van der Waals surface area (Å²) in [6, 6.07) is 19.3. The third-order valence-corrected chi connectivity index (χ3v) is 8.57. The molecule has 0 aliphatic carbocycles. The molecule has 6 rings (SSSR count). The van der Waals surface area contributed by atoms with E-state index in [1.165, 1.54) is 27.7 Å². The first-order valence-corrected chi connectivity index (χ1v) is 15.1. The first-order chi connectivity index (χ1) is 21.4. The van der Waals surface area contributed by atoms with Crippen LogP contribution in [-0.4, -0.2) is 65.5 Å². The Bertz CT molecular complexity index is 1600. The third kappa shape index (κ3) is 6.34. The van der Waals surface area contributed by atoms with Crippen molar-refractivity contribution in [2.75, 3.05) is 55.8 Å². The fourth-order valence-corrected chi connectivity index (χ4v) is 5.92. The van der Waals surface area contributed by atoms with Crippen molar-refractivity contribution in [1.29, 1.82) is 0 Å². The minimum atomic E-state index is -0.592. The van der Waals surface area contributed by atoms with Crippen LogP contribution in [0.5, 0.6) is 5.75 Å². The summed E-state index contributed by atoms with van der Waals surface area (Å²) in [5.74, 6) is -0.264. The van der Waals surface area contributed by atoms with Gasteiger partial charge in [-0.05, 0) is 67.4 Å². The molecular weight excluding hydrogens is 568 g/mol. The highest BCUT2D eigenvalue weighted by molar-refractivity contribution is 5.54. The minimum Gasteiger partial charge on any atom is -0.493 e. The Balaban J connectivity index is 0.982. The molecule has 0 saturated carbocycles. The van der Waals surface area contributed by atoms with Gasteiger partial charge in [0.05, 0.1) is 37.7 Å². The van der Waals surface area contributed by atoms with Crippen molar-refractivity contribution in [2.24, 2.45) is 5.92 Å². The number of piperazine rings is 1. The second kappa shape index (κ2) is 13.2. The van der Waals surface area contributed by atoms with Crippen molar-refractivity contribution in [3.8, 4) is 11.4 Å². The lowest BCUT2D eigenvalue weighted by Gasteiger charge is -2.37. The number of benzene rings is 3. The zero-order valence-electron chi connectivity index (χ0n) is 24.7. The van der Waals surface area contributed by atoms with E-state index < -0.39 is 11.6 Å². The van der Waals surface area contributed by atoms with E-state index in [2.05, 4.69) is 27.0 Å². The van der Waals surface area contributed by atoms with Crippen LogP contribution in [0.15, 0.2) is 77.9 Å². The lowest BCUT2D eigenvalue weighted by molar-refractivity contribution is 0.100. The average Bonchev–Trinajstić information content (AvgIpc) is 3.68. The highest BCUT2D eigenvalue weighted by atomic mass is 19.1. The van der Waals surface area contributed by atoms with E-state index in [1.54, 1.807) is 0 Å². The Kier molecular flexibility index (Phi) is 8.94. The fraction of sp³-hybridized carbons (Fsp3) is 0.394. The lowest BCUT2D eigenvalue weighted by Crippen LogP contribution is -2.46. The topological polar surface area (TPSA) is 85.0 Å². The fourth-order valence-electron chi connectivity index (χ4n) is 5.92. The van der Waals surface area contributed by atoms with E-state index in [9.17, 15) is 18.7 Å². The Hall–Kier alpha value is -4.22. The van der Waals surface area contributed by atoms with Gasteiger partial charge in [0.1, 0.15) is 23.7 Å². The van der Waals surface area contributed by atoms with E-state index in [0.29, 0.717) is 31.6 Å². The second-order valence-corrected chi connectivity index (χ2v) is 11.4. The Morgan fingerprint density at radius 2 is 1.59 bits per heavy atom. The predicted molar refractivity (Wildman–Crippen MR) is 164 cm³/mol. The molecule has 0 unspecified atom stereocenters. The van der Waals surface area contributed by atoms with Gasteiger partial charge in [0.25, 0.3) is 0 Å². The van der Waals surface area contributed by atoms with Gasteiger partial charge in [-0.1, -0.05) is 13.0 Å². The SMILES string of the molecule is CC[C@@H](CO)n1ncn(-c2ccc(N3CCN(c4ccc(OC[C@@H]5CO[C@@H](c6ccc(F)cc6F)C5)cc4)CC3)cc2)c1=O. The monoisotopic (exact) mass is 605 g/mol. The Morgan fingerprint density at radius 1 is 0.955 bits per heavy atom. The summed E-state index contributed by atoms with van der Waals surface area (Å²) in [7, 11) is 0. The maximum atomic E-state index is 14.1. The maximum absolute atomic E-state index is 14.1. The van der Waals surface area contributed by atoms with E-state index in [1.807, 2.05) is 43.3 Å². The molecule has 0 amide bonds. The molecule has 44 heavy (non-hydrogen) atoms. The first kappa shape index (κ1) is 29.8. The zero-order valence-corrected chi connectivity index (χ0v) is 24.7. The van der Waals surface area contributed by atoms with Crippen LogP contribution < -0.4 is 20.2 Å². The van der Waals surface area contributed by atoms with E-state index in [-0.39, 0.29) is 30.4 Å². The number of halogens is 2. The molecule has 2 aliphatic heterocycles. The van der Waals surface area contributed by atoms with Gasteiger partial charge in [-0.3, -0.25) is 0 Å². The number of nitrogens with zero attached hydrogens (tertiary/aromatic N) is 5. The molecule has 11 heteroatoms. The first-order valence-electron chi connectivity index (χ1n) is 15.1. The molecule has 2 fully saturated rings. The van der Waals surface area contributed by atoms with Crippen LogP contribution in [0.4, 0.5) is 20.2 Å². The molecule has 2 aliphatic rings. The van der Waals surface area contributed by atoms with Crippen molar-refractivity contribution < 1.29 is 23.4 Å². The van der Waals surface area contributed by atoms with Crippen molar-refractivity contribution in [3.63, 3.8) is 0 Å². The number of anilines is 2. The standard InChI is InChI=1S/C33H37F2N5O4/c1-2-25(19-41)40-33(42)39(22-36-40)28-6-4-26(5-7-28)37-13-15-38(16-14-37)27-8-10-29(11-9-27)43-20-23-17-32(44-21-23)30-12-3-24(34)18-31(30)35/h3-12,18,22-23,25,32,41H,2,13-17,19-21H2,1H3/t23-,25+,32-/m1/s1. The molecule has 0 bridgehead atoms. The minimum absolute atomic E-state index is 0.127. The van der Waals surface area contributed by atoms with Gasteiger partial charge in [-0.15, -0.1) is 0 Å². The molecule has 232 valence electrons. The summed E-state index contributed by atoms with van der Waals surface area (Å²) in [6.45, 7) is 6.19. The molecule has 9 nitrogen and oxygen atoms in total. The molecule has 4 aromatic rings.